The van der Waals surface area contributed by atoms with Crippen LogP contribution in [0, 0.1) is 0 Å². The summed E-state index contributed by atoms with van der Waals surface area (Å²) in [5, 5.41) is 8.56. The van der Waals surface area contributed by atoms with Gasteiger partial charge in [0.15, 0.2) is 0 Å². The number of hydrogen-bond acceptors (Lipinski definition) is 4. The smallest absolute Gasteiger partial charge is 0.319 e. The van der Waals surface area contributed by atoms with Crippen molar-refractivity contribution >= 4 is 29.2 Å². The minimum atomic E-state index is -0.324. The summed E-state index contributed by atoms with van der Waals surface area (Å²) in [6.07, 6.45) is 3.01. The van der Waals surface area contributed by atoms with E-state index in [4.69, 9.17) is 11.6 Å². The summed E-state index contributed by atoms with van der Waals surface area (Å²) in [6.45, 7) is 2.93. The van der Waals surface area contributed by atoms with Gasteiger partial charge in [0.25, 0.3) is 0 Å². The minimum Gasteiger partial charge on any atom is -0.354 e. The van der Waals surface area contributed by atoms with Crippen LogP contribution in [0.2, 0.25) is 5.02 Å². The van der Waals surface area contributed by atoms with Crippen LogP contribution >= 0.6 is 11.6 Å². The number of carbonyl (C=O) groups is 2. The molecule has 20 heavy (non-hydrogen) atoms. The molecule has 1 aliphatic heterocycles. The van der Waals surface area contributed by atoms with E-state index in [0.29, 0.717) is 36.9 Å². The number of amides is 3. The van der Waals surface area contributed by atoms with Crippen LogP contribution in [-0.2, 0) is 4.79 Å². The Morgan fingerprint density at radius 2 is 2.35 bits per heavy atom. The van der Waals surface area contributed by atoms with Gasteiger partial charge in [-0.05, 0) is 6.07 Å². The van der Waals surface area contributed by atoms with Crippen molar-refractivity contribution in [3.8, 4) is 0 Å². The number of carbonyl (C=O) groups excluding carboxylic acids is 2. The van der Waals surface area contributed by atoms with Gasteiger partial charge in [-0.1, -0.05) is 11.6 Å². The van der Waals surface area contributed by atoms with Gasteiger partial charge in [-0.3, -0.25) is 14.7 Å². The number of nitrogens with one attached hydrogen (secondary N) is 3. The molecule has 1 saturated heterocycles. The Hall–Kier alpha value is -1.86. The first-order valence-corrected chi connectivity index (χ1v) is 6.66. The number of piperazine rings is 1. The van der Waals surface area contributed by atoms with Gasteiger partial charge < -0.3 is 16.0 Å². The molecule has 0 unspecified atom stereocenters. The van der Waals surface area contributed by atoms with Crippen molar-refractivity contribution in [2.24, 2.45) is 0 Å². The Morgan fingerprint density at radius 3 is 3.10 bits per heavy atom. The second kappa shape index (κ2) is 7.06. The minimum absolute atomic E-state index is 0.0192. The third kappa shape index (κ3) is 4.67. The number of urea groups is 1. The largest absolute Gasteiger partial charge is 0.354 e. The summed E-state index contributed by atoms with van der Waals surface area (Å²) in [7, 11) is 0. The average molecular weight is 298 g/mol. The first-order chi connectivity index (χ1) is 9.63. The van der Waals surface area contributed by atoms with Crippen LogP contribution in [0.4, 0.5) is 10.5 Å². The second-order valence-electron chi connectivity index (χ2n) is 4.40. The number of rotatable bonds is 4. The van der Waals surface area contributed by atoms with Crippen molar-refractivity contribution in [2.45, 2.75) is 0 Å². The molecule has 0 radical (unpaired) electrons. The molecule has 1 fully saturated rings. The quantitative estimate of drug-likeness (QED) is 0.745. The van der Waals surface area contributed by atoms with Crippen molar-refractivity contribution in [1.29, 1.82) is 0 Å². The third-order valence-corrected chi connectivity index (χ3v) is 3.00. The molecule has 3 amide bonds. The average Bonchev–Trinajstić information content (AvgIpc) is 2.38. The fraction of sp³-hybridized carbons (Fsp3) is 0.417. The molecule has 3 N–H and O–H groups in total. The van der Waals surface area contributed by atoms with Crippen molar-refractivity contribution in [1.82, 2.24) is 20.5 Å². The first kappa shape index (κ1) is 14.5. The topological polar surface area (TPSA) is 86.4 Å². The SMILES string of the molecule is O=C1CN(CCNC(=O)Nc2cncc(Cl)c2)CCN1. The second-order valence-corrected chi connectivity index (χ2v) is 4.84. The normalized spacial score (nSPS) is 15.6. The molecule has 1 aromatic rings. The first-order valence-electron chi connectivity index (χ1n) is 6.28. The highest BCUT2D eigenvalue weighted by molar-refractivity contribution is 6.30. The van der Waals surface area contributed by atoms with Gasteiger partial charge in [-0.25, -0.2) is 4.79 Å². The molecule has 108 valence electrons. The molecule has 7 nitrogen and oxygen atoms in total. The van der Waals surface area contributed by atoms with E-state index in [9.17, 15) is 9.59 Å². The van der Waals surface area contributed by atoms with E-state index < -0.39 is 0 Å². The molecule has 0 saturated carbocycles. The van der Waals surface area contributed by atoms with Gasteiger partial charge in [0.1, 0.15) is 0 Å². The maximum absolute atomic E-state index is 11.6. The van der Waals surface area contributed by atoms with Crippen molar-refractivity contribution in [3.63, 3.8) is 0 Å². The highest BCUT2D eigenvalue weighted by Crippen LogP contribution is 2.12. The predicted molar refractivity (Wildman–Crippen MR) is 75.7 cm³/mol. The van der Waals surface area contributed by atoms with Gasteiger partial charge in [-0.2, -0.15) is 0 Å². The molecule has 0 atom stereocenters. The Bertz CT molecular complexity index is 496. The maximum atomic E-state index is 11.6. The summed E-state index contributed by atoms with van der Waals surface area (Å²) >= 11 is 5.77. The fourth-order valence-electron chi connectivity index (χ4n) is 1.87. The number of pyridine rings is 1. The fourth-order valence-corrected chi connectivity index (χ4v) is 2.04. The Kier molecular flexibility index (Phi) is 5.14. The Balaban J connectivity index is 1.68. The van der Waals surface area contributed by atoms with E-state index in [-0.39, 0.29) is 11.9 Å². The number of halogens is 1. The van der Waals surface area contributed by atoms with E-state index in [1.807, 2.05) is 4.90 Å². The van der Waals surface area contributed by atoms with E-state index in [0.717, 1.165) is 6.54 Å². The molecular weight excluding hydrogens is 282 g/mol. The molecule has 8 heteroatoms. The zero-order valence-corrected chi connectivity index (χ0v) is 11.6. The summed E-state index contributed by atoms with van der Waals surface area (Å²) in [5.74, 6) is 0.0192. The van der Waals surface area contributed by atoms with Gasteiger partial charge >= 0.3 is 6.03 Å². The number of hydrogen-bond donors (Lipinski definition) is 3. The Labute approximate surface area is 121 Å². The monoisotopic (exact) mass is 297 g/mol. The van der Waals surface area contributed by atoms with E-state index in [1.165, 1.54) is 12.4 Å². The summed E-state index contributed by atoms with van der Waals surface area (Å²) in [6, 6.07) is 1.29. The molecule has 2 heterocycles. The standard InChI is InChI=1S/C12H16ClN5O2/c13-9-5-10(7-14-6-9)17-12(20)16-2-4-18-3-1-15-11(19)8-18/h5-7H,1-4,8H2,(H,15,19)(H2,16,17,20). The molecule has 0 spiro atoms. The lowest BCUT2D eigenvalue weighted by Gasteiger charge is -2.26. The lowest BCUT2D eigenvalue weighted by atomic mass is 10.3. The molecular formula is C12H16ClN5O2. The van der Waals surface area contributed by atoms with Crippen LogP contribution in [0.1, 0.15) is 0 Å². The van der Waals surface area contributed by atoms with E-state index in [2.05, 4.69) is 20.9 Å². The number of nitrogens with zero attached hydrogens (tertiary/aromatic N) is 2. The molecule has 0 aromatic carbocycles. The highest BCUT2D eigenvalue weighted by Gasteiger charge is 2.15. The van der Waals surface area contributed by atoms with Gasteiger partial charge in [0.2, 0.25) is 5.91 Å². The number of anilines is 1. The van der Waals surface area contributed by atoms with Crippen molar-refractivity contribution < 1.29 is 9.59 Å². The van der Waals surface area contributed by atoms with Gasteiger partial charge in [0.05, 0.1) is 23.5 Å². The van der Waals surface area contributed by atoms with Crippen LogP contribution < -0.4 is 16.0 Å². The molecule has 1 aromatic heterocycles. The predicted octanol–water partition coefficient (Wildman–Crippen LogP) is 0.288. The third-order valence-electron chi connectivity index (χ3n) is 2.79. The van der Waals surface area contributed by atoms with Crippen LogP contribution in [0.5, 0.6) is 0 Å². The van der Waals surface area contributed by atoms with Crippen LogP contribution in [0.3, 0.4) is 0 Å². The van der Waals surface area contributed by atoms with Crippen LogP contribution in [0.25, 0.3) is 0 Å². The molecule has 1 aliphatic rings. The van der Waals surface area contributed by atoms with Crippen LogP contribution in [0.15, 0.2) is 18.5 Å². The molecule has 2 rings (SSSR count). The van der Waals surface area contributed by atoms with Crippen LogP contribution in [-0.4, -0.2) is 54.5 Å². The highest BCUT2D eigenvalue weighted by atomic mass is 35.5. The maximum Gasteiger partial charge on any atom is 0.319 e. The summed E-state index contributed by atoms with van der Waals surface area (Å²) < 4.78 is 0. The van der Waals surface area contributed by atoms with Gasteiger partial charge in [0, 0.05) is 32.4 Å². The lowest BCUT2D eigenvalue weighted by molar-refractivity contribution is -0.124. The Morgan fingerprint density at radius 1 is 1.50 bits per heavy atom. The molecule has 0 bridgehead atoms. The number of aromatic nitrogens is 1. The summed E-state index contributed by atoms with van der Waals surface area (Å²) in [4.78, 5) is 28.7. The van der Waals surface area contributed by atoms with Gasteiger partial charge in [-0.15, -0.1) is 0 Å². The van der Waals surface area contributed by atoms with E-state index in [1.54, 1.807) is 6.07 Å². The zero-order chi connectivity index (χ0) is 14.4. The van der Waals surface area contributed by atoms with E-state index >= 15 is 0 Å². The molecule has 0 aliphatic carbocycles. The van der Waals surface area contributed by atoms with Crippen molar-refractivity contribution in [3.05, 3.63) is 23.5 Å². The lowest BCUT2D eigenvalue weighted by Crippen LogP contribution is -2.49. The zero-order valence-electron chi connectivity index (χ0n) is 10.9. The van der Waals surface area contributed by atoms with Crippen molar-refractivity contribution in [2.75, 3.05) is 38.0 Å². The summed E-state index contributed by atoms with van der Waals surface area (Å²) in [5.41, 5.74) is 0.535.